The quantitative estimate of drug-likeness (QED) is 0.737. The molecule has 4 heteroatoms. The van der Waals surface area contributed by atoms with E-state index < -0.39 is 5.60 Å². The molecule has 0 radical (unpaired) electrons. The lowest BCUT2D eigenvalue weighted by Crippen LogP contribution is -2.50. The van der Waals surface area contributed by atoms with E-state index >= 15 is 0 Å². The van der Waals surface area contributed by atoms with Crippen molar-refractivity contribution in [2.75, 3.05) is 13.1 Å². The van der Waals surface area contributed by atoms with Gasteiger partial charge in [0.15, 0.2) is 0 Å². The van der Waals surface area contributed by atoms with Gasteiger partial charge in [0, 0.05) is 36.2 Å². The van der Waals surface area contributed by atoms with Crippen LogP contribution in [0.2, 0.25) is 0 Å². The van der Waals surface area contributed by atoms with Gasteiger partial charge in [0.2, 0.25) is 0 Å². The molecule has 0 aromatic carbocycles. The molecule has 2 fully saturated rings. The maximum atomic E-state index is 12.1. The third kappa shape index (κ3) is 2.99. The zero-order chi connectivity index (χ0) is 15.1. The van der Waals surface area contributed by atoms with E-state index in [4.69, 9.17) is 9.73 Å². The molecular formula is C16H28N2O2. The number of carbonyl (C=O) groups is 1. The Morgan fingerprint density at radius 3 is 2.60 bits per heavy atom. The largest absolute Gasteiger partial charge is 0.444 e. The van der Waals surface area contributed by atoms with Gasteiger partial charge in [-0.2, -0.15) is 0 Å². The Kier molecular flexibility index (Phi) is 3.87. The number of ether oxygens (including phenoxy) is 1. The van der Waals surface area contributed by atoms with Crippen LogP contribution in [0.4, 0.5) is 4.79 Å². The van der Waals surface area contributed by atoms with Crippen molar-refractivity contribution in [2.45, 2.75) is 66.0 Å². The van der Waals surface area contributed by atoms with Crippen molar-refractivity contribution in [1.82, 2.24) is 4.90 Å². The predicted molar refractivity (Wildman–Crippen MR) is 81.2 cm³/mol. The van der Waals surface area contributed by atoms with E-state index in [1.807, 2.05) is 25.7 Å². The fourth-order valence-corrected chi connectivity index (χ4v) is 3.25. The van der Waals surface area contributed by atoms with Gasteiger partial charge in [0.1, 0.15) is 5.60 Å². The van der Waals surface area contributed by atoms with Crippen LogP contribution in [-0.2, 0) is 4.74 Å². The molecule has 0 bridgehead atoms. The van der Waals surface area contributed by atoms with Crippen LogP contribution in [0.25, 0.3) is 0 Å². The van der Waals surface area contributed by atoms with Gasteiger partial charge < -0.3 is 9.64 Å². The van der Waals surface area contributed by atoms with Crippen molar-refractivity contribution in [3.05, 3.63) is 0 Å². The lowest BCUT2D eigenvalue weighted by molar-refractivity contribution is 0.0257. The van der Waals surface area contributed by atoms with Crippen LogP contribution in [0, 0.1) is 11.3 Å². The summed E-state index contributed by atoms with van der Waals surface area (Å²) in [6.07, 6.45) is 1.95. The average molecular weight is 280 g/mol. The second kappa shape index (κ2) is 5.05. The lowest BCUT2D eigenvalue weighted by Gasteiger charge is -2.46. The van der Waals surface area contributed by atoms with Gasteiger partial charge in [-0.1, -0.05) is 6.92 Å². The molecule has 1 spiro atoms. The summed E-state index contributed by atoms with van der Waals surface area (Å²) in [5.74, 6) is 0.498. The Bertz CT molecular complexity index is 423. The van der Waals surface area contributed by atoms with E-state index in [1.54, 1.807) is 0 Å². The van der Waals surface area contributed by atoms with Gasteiger partial charge in [-0.25, -0.2) is 4.79 Å². The molecule has 2 aliphatic rings. The first-order valence-electron chi connectivity index (χ1n) is 7.67. The molecule has 114 valence electrons. The second-order valence-electron chi connectivity index (χ2n) is 7.63. The van der Waals surface area contributed by atoms with Crippen LogP contribution in [-0.4, -0.2) is 41.4 Å². The molecule has 0 aromatic heterocycles. The van der Waals surface area contributed by atoms with E-state index in [0.29, 0.717) is 12.0 Å². The zero-order valence-corrected chi connectivity index (χ0v) is 13.7. The van der Waals surface area contributed by atoms with Crippen LogP contribution < -0.4 is 0 Å². The molecule has 1 saturated heterocycles. The van der Waals surface area contributed by atoms with Gasteiger partial charge in [-0.3, -0.25) is 4.99 Å². The van der Waals surface area contributed by atoms with Crippen LogP contribution in [0.1, 0.15) is 54.4 Å². The van der Waals surface area contributed by atoms with Gasteiger partial charge in [-0.05, 0) is 47.5 Å². The highest BCUT2D eigenvalue weighted by molar-refractivity contribution is 5.94. The number of aliphatic imine (C=N–C) groups is 1. The maximum Gasteiger partial charge on any atom is 0.410 e. The van der Waals surface area contributed by atoms with E-state index in [-0.39, 0.29) is 11.5 Å². The first-order chi connectivity index (χ1) is 9.13. The SMILES string of the molecule is CC(C)N=C1CC2(CCN(C(=O)OC(C)(C)C)C2)C1C. The number of hydrogen-bond donors (Lipinski definition) is 0. The van der Waals surface area contributed by atoms with Crippen molar-refractivity contribution in [3.63, 3.8) is 0 Å². The van der Waals surface area contributed by atoms with Gasteiger partial charge >= 0.3 is 6.09 Å². The normalized spacial score (nSPS) is 32.0. The van der Waals surface area contributed by atoms with E-state index in [9.17, 15) is 4.79 Å². The Balaban J connectivity index is 1.95. The summed E-state index contributed by atoms with van der Waals surface area (Å²) in [6.45, 7) is 13.9. The molecule has 1 aliphatic carbocycles. The Morgan fingerprint density at radius 1 is 1.45 bits per heavy atom. The second-order valence-corrected chi connectivity index (χ2v) is 7.63. The highest BCUT2D eigenvalue weighted by atomic mass is 16.6. The van der Waals surface area contributed by atoms with Crippen LogP contribution >= 0.6 is 0 Å². The summed E-state index contributed by atoms with van der Waals surface area (Å²) < 4.78 is 5.47. The number of carbonyl (C=O) groups excluding carboxylic acids is 1. The molecule has 1 aliphatic heterocycles. The monoisotopic (exact) mass is 280 g/mol. The van der Waals surface area contributed by atoms with Gasteiger partial charge in [0.05, 0.1) is 0 Å². The smallest absolute Gasteiger partial charge is 0.410 e. The third-order valence-electron chi connectivity index (χ3n) is 4.41. The molecule has 2 rings (SSSR count). The van der Waals surface area contributed by atoms with Crippen molar-refractivity contribution in [2.24, 2.45) is 16.3 Å². The molecule has 1 amide bonds. The molecule has 1 heterocycles. The molecule has 2 atom stereocenters. The molecule has 2 unspecified atom stereocenters. The summed E-state index contributed by atoms with van der Waals surface area (Å²) >= 11 is 0. The minimum Gasteiger partial charge on any atom is -0.444 e. The summed E-state index contributed by atoms with van der Waals surface area (Å²) in [5, 5.41) is 0. The maximum absolute atomic E-state index is 12.1. The zero-order valence-electron chi connectivity index (χ0n) is 13.7. The van der Waals surface area contributed by atoms with Gasteiger partial charge in [-0.15, -0.1) is 0 Å². The number of amides is 1. The fourth-order valence-electron chi connectivity index (χ4n) is 3.25. The average Bonchev–Trinajstić information content (AvgIpc) is 2.72. The third-order valence-corrected chi connectivity index (χ3v) is 4.41. The molecule has 1 saturated carbocycles. The van der Waals surface area contributed by atoms with Crippen LogP contribution in [0.3, 0.4) is 0 Å². The van der Waals surface area contributed by atoms with Crippen molar-refractivity contribution in [3.8, 4) is 0 Å². The minimum atomic E-state index is -0.414. The van der Waals surface area contributed by atoms with E-state index in [0.717, 1.165) is 25.9 Å². The van der Waals surface area contributed by atoms with Crippen LogP contribution in [0.5, 0.6) is 0 Å². The van der Waals surface area contributed by atoms with Crippen molar-refractivity contribution in [1.29, 1.82) is 0 Å². The molecule has 4 nitrogen and oxygen atoms in total. The van der Waals surface area contributed by atoms with E-state index in [1.165, 1.54) is 5.71 Å². The molecule has 0 aromatic rings. The Labute approximate surface area is 122 Å². The summed E-state index contributed by atoms with van der Waals surface area (Å²) in [4.78, 5) is 18.7. The van der Waals surface area contributed by atoms with Crippen LogP contribution in [0.15, 0.2) is 4.99 Å². The Morgan fingerprint density at radius 2 is 2.10 bits per heavy atom. The first-order valence-corrected chi connectivity index (χ1v) is 7.67. The van der Waals surface area contributed by atoms with Crippen molar-refractivity contribution >= 4 is 11.8 Å². The minimum absolute atomic E-state index is 0.171. The topological polar surface area (TPSA) is 41.9 Å². The van der Waals surface area contributed by atoms with Crippen molar-refractivity contribution < 1.29 is 9.53 Å². The Hall–Kier alpha value is -1.06. The molecular weight excluding hydrogens is 252 g/mol. The number of nitrogens with zero attached hydrogens (tertiary/aromatic N) is 2. The number of likely N-dealkylation sites (tertiary alicyclic amines) is 1. The summed E-state index contributed by atoms with van der Waals surface area (Å²) in [7, 11) is 0. The number of hydrogen-bond acceptors (Lipinski definition) is 3. The van der Waals surface area contributed by atoms with E-state index in [2.05, 4.69) is 20.8 Å². The molecule has 20 heavy (non-hydrogen) atoms. The summed E-state index contributed by atoms with van der Waals surface area (Å²) in [5.41, 5.74) is 1.17. The van der Waals surface area contributed by atoms with Gasteiger partial charge in [0.25, 0.3) is 0 Å². The fraction of sp³-hybridized carbons (Fsp3) is 0.875. The standard InChI is InChI=1S/C16H28N2O2/c1-11(2)17-13-9-16(12(13)3)7-8-18(10-16)14(19)20-15(4,5)6/h11-12H,7-10H2,1-6H3. The first kappa shape index (κ1) is 15.3. The molecule has 0 N–H and O–H groups in total. The lowest BCUT2D eigenvalue weighted by atomic mass is 9.59. The highest BCUT2D eigenvalue weighted by Crippen LogP contribution is 2.51. The number of rotatable bonds is 1. The summed E-state index contributed by atoms with van der Waals surface area (Å²) in [6, 6.07) is 0.369. The highest BCUT2D eigenvalue weighted by Gasteiger charge is 2.53. The predicted octanol–water partition coefficient (Wildman–Crippen LogP) is 3.50.